The van der Waals surface area contributed by atoms with Crippen LogP contribution in [0.1, 0.15) is 18.3 Å². The van der Waals surface area contributed by atoms with Crippen LogP contribution < -0.4 is 5.73 Å². The van der Waals surface area contributed by atoms with Crippen LogP contribution >= 0.6 is 0 Å². The summed E-state index contributed by atoms with van der Waals surface area (Å²) in [7, 11) is 0. The average molecular weight is 259 g/mol. The molecule has 3 N–H and O–H groups in total. The molecule has 1 aromatic carbocycles. The Balaban J connectivity index is 1.94. The van der Waals surface area contributed by atoms with Crippen LogP contribution in [0.3, 0.4) is 0 Å². The second-order valence-electron chi connectivity index (χ2n) is 4.77. The summed E-state index contributed by atoms with van der Waals surface area (Å²) < 4.78 is 1.97. The van der Waals surface area contributed by atoms with Gasteiger partial charge in [0.2, 0.25) is 0 Å². The zero-order valence-corrected chi connectivity index (χ0v) is 11.2. The molecule has 1 heterocycles. The minimum Gasteiger partial charge on any atom is -0.390 e. The standard InChI is InChI=1S/C15H21N3O/c1-2-15-17-8-9-18(15)11-14(19)13(16)10-12-6-4-3-5-7-12/h3-9,13-14,19H,2,10-11,16H2,1H3. The van der Waals surface area contributed by atoms with Gasteiger partial charge in [-0.15, -0.1) is 0 Å². The van der Waals surface area contributed by atoms with Crippen molar-refractivity contribution >= 4 is 0 Å². The van der Waals surface area contributed by atoms with Gasteiger partial charge in [0.1, 0.15) is 5.82 Å². The summed E-state index contributed by atoms with van der Waals surface area (Å²) in [6.07, 6.45) is 4.61. The van der Waals surface area contributed by atoms with Crippen molar-refractivity contribution in [2.75, 3.05) is 0 Å². The van der Waals surface area contributed by atoms with E-state index in [2.05, 4.69) is 11.9 Å². The maximum atomic E-state index is 10.2. The van der Waals surface area contributed by atoms with Crippen LogP contribution in [0.2, 0.25) is 0 Å². The summed E-state index contributed by atoms with van der Waals surface area (Å²) >= 11 is 0. The lowest BCUT2D eigenvalue weighted by atomic mass is 10.0. The Hall–Kier alpha value is -1.65. The molecule has 4 nitrogen and oxygen atoms in total. The normalized spacial score (nSPS) is 14.3. The van der Waals surface area contributed by atoms with Crippen LogP contribution in [0, 0.1) is 0 Å². The SMILES string of the molecule is CCc1nccn1CC(O)C(N)Cc1ccccc1. The Morgan fingerprint density at radius 2 is 2.05 bits per heavy atom. The van der Waals surface area contributed by atoms with Gasteiger partial charge in [-0.05, 0) is 12.0 Å². The zero-order valence-electron chi connectivity index (χ0n) is 11.2. The highest BCUT2D eigenvalue weighted by molar-refractivity contribution is 5.16. The van der Waals surface area contributed by atoms with E-state index in [0.717, 1.165) is 17.8 Å². The van der Waals surface area contributed by atoms with Gasteiger partial charge in [0.05, 0.1) is 12.6 Å². The molecule has 2 rings (SSSR count). The molecule has 0 fully saturated rings. The van der Waals surface area contributed by atoms with Crippen LogP contribution in [0.15, 0.2) is 42.7 Å². The van der Waals surface area contributed by atoms with E-state index in [1.807, 2.05) is 41.1 Å². The number of imidazole rings is 1. The number of nitrogens with zero attached hydrogens (tertiary/aromatic N) is 2. The van der Waals surface area contributed by atoms with Crippen LogP contribution in [0.4, 0.5) is 0 Å². The molecule has 0 spiro atoms. The molecule has 19 heavy (non-hydrogen) atoms. The molecule has 4 heteroatoms. The van der Waals surface area contributed by atoms with Crippen molar-refractivity contribution in [3.8, 4) is 0 Å². The lowest BCUT2D eigenvalue weighted by molar-refractivity contribution is 0.124. The quantitative estimate of drug-likeness (QED) is 0.823. The molecule has 0 saturated carbocycles. The van der Waals surface area contributed by atoms with E-state index in [9.17, 15) is 5.11 Å². The van der Waals surface area contributed by atoms with E-state index in [1.54, 1.807) is 6.20 Å². The molecule has 2 atom stereocenters. The summed E-state index contributed by atoms with van der Waals surface area (Å²) in [5.41, 5.74) is 7.22. The summed E-state index contributed by atoms with van der Waals surface area (Å²) in [5.74, 6) is 0.978. The number of hydrogen-bond donors (Lipinski definition) is 2. The summed E-state index contributed by atoms with van der Waals surface area (Å²) in [6, 6.07) is 9.74. The smallest absolute Gasteiger partial charge is 0.108 e. The monoisotopic (exact) mass is 259 g/mol. The third-order valence-corrected chi connectivity index (χ3v) is 3.31. The second kappa shape index (κ2) is 6.50. The predicted octanol–water partition coefficient (Wildman–Crippen LogP) is 1.38. The Morgan fingerprint density at radius 3 is 2.74 bits per heavy atom. The number of aryl methyl sites for hydroxylation is 1. The molecule has 2 unspecified atom stereocenters. The Morgan fingerprint density at radius 1 is 1.32 bits per heavy atom. The zero-order chi connectivity index (χ0) is 13.7. The van der Waals surface area contributed by atoms with E-state index in [4.69, 9.17) is 5.73 Å². The molecule has 0 radical (unpaired) electrons. The van der Waals surface area contributed by atoms with Crippen LogP contribution in [0.25, 0.3) is 0 Å². The number of benzene rings is 1. The first kappa shape index (κ1) is 13.8. The molecular formula is C15H21N3O. The lowest BCUT2D eigenvalue weighted by Crippen LogP contribution is -2.39. The number of hydrogen-bond acceptors (Lipinski definition) is 3. The van der Waals surface area contributed by atoms with Crippen molar-refractivity contribution < 1.29 is 5.11 Å². The first-order valence-corrected chi connectivity index (χ1v) is 6.68. The third kappa shape index (κ3) is 3.66. The van der Waals surface area contributed by atoms with E-state index < -0.39 is 6.10 Å². The lowest BCUT2D eigenvalue weighted by Gasteiger charge is -2.20. The number of aromatic nitrogens is 2. The fourth-order valence-corrected chi connectivity index (χ4v) is 2.18. The van der Waals surface area contributed by atoms with Crippen LogP contribution in [0.5, 0.6) is 0 Å². The molecule has 0 aliphatic rings. The molecular weight excluding hydrogens is 238 g/mol. The van der Waals surface area contributed by atoms with Crippen molar-refractivity contribution in [1.82, 2.24) is 9.55 Å². The molecule has 0 amide bonds. The molecule has 102 valence electrons. The van der Waals surface area contributed by atoms with Crippen molar-refractivity contribution in [1.29, 1.82) is 0 Å². The minimum absolute atomic E-state index is 0.269. The first-order chi connectivity index (χ1) is 9.20. The second-order valence-corrected chi connectivity index (χ2v) is 4.77. The van der Waals surface area contributed by atoms with Crippen molar-refractivity contribution in [2.24, 2.45) is 5.73 Å². The van der Waals surface area contributed by atoms with Crippen molar-refractivity contribution in [3.05, 3.63) is 54.1 Å². The summed E-state index contributed by atoms with van der Waals surface area (Å²) in [5, 5.41) is 10.2. The predicted molar refractivity (Wildman–Crippen MR) is 75.7 cm³/mol. The molecule has 1 aromatic heterocycles. The highest BCUT2D eigenvalue weighted by atomic mass is 16.3. The Bertz CT molecular complexity index is 495. The van der Waals surface area contributed by atoms with Gasteiger partial charge in [0.25, 0.3) is 0 Å². The Labute approximate surface area is 113 Å². The molecule has 2 aromatic rings. The van der Waals surface area contributed by atoms with Crippen molar-refractivity contribution in [2.45, 2.75) is 38.5 Å². The largest absolute Gasteiger partial charge is 0.390 e. The Kier molecular flexibility index (Phi) is 4.71. The van der Waals surface area contributed by atoms with E-state index in [0.29, 0.717) is 13.0 Å². The van der Waals surface area contributed by atoms with Gasteiger partial charge in [0, 0.05) is 24.9 Å². The first-order valence-electron chi connectivity index (χ1n) is 6.68. The fraction of sp³-hybridized carbons (Fsp3) is 0.400. The molecule has 0 aliphatic heterocycles. The van der Waals surface area contributed by atoms with Gasteiger partial charge in [0.15, 0.2) is 0 Å². The van der Waals surface area contributed by atoms with Gasteiger partial charge in [-0.3, -0.25) is 0 Å². The topological polar surface area (TPSA) is 64.1 Å². The van der Waals surface area contributed by atoms with Crippen LogP contribution in [-0.2, 0) is 19.4 Å². The molecule has 0 saturated heterocycles. The maximum Gasteiger partial charge on any atom is 0.108 e. The highest BCUT2D eigenvalue weighted by Crippen LogP contribution is 2.07. The minimum atomic E-state index is -0.570. The molecule has 0 bridgehead atoms. The number of aliphatic hydroxyl groups is 1. The van der Waals surface area contributed by atoms with Gasteiger partial charge < -0.3 is 15.4 Å². The number of rotatable bonds is 6. The van der Waals surface area contributed by atoms with Gasteiger partial charge in [-0.25, -0.2) is 4.98 Å². The van der Waals surface area contributed by atoms with Gasteiger partial charge >= 0.3 is 0 Å². The van der Waals surface area contributed by atoms with Gasteiger partial charge in [-0.2, -0.15) is 0 Å². The molecule has 0 aliphatic carbocycles. The summed E-state index contributed by atoms with van der Waals surface area (Å²) in [6.45, 7) is 2.55. The summed E-state index contributed by atoms with van der Waals surface area (Å²) in [4.78, 5) is 4.24. The maximum absolute atomic E-state index is 10.2. The highest BCUT2D eigenvalue weighted by Gasteiger charge is 2.16. The fourth-order valence-electron chi connectivity index (χ4n) is 2.18. The number of nitrogens with two attached hydrogens (primary N) is 1. The average Bonchev–Trinajstić information content (AvgIpc) is 2.87. The van der Waals surface area contributed by atoms with E-state index in [-0.39, 0.29) is 6.04 Å². The van der Waals surface area contributed by atoms with Crippen LogP contribution in [-0.4, -0.2) is 26.8 Å². The number of aliphatic hydroxyl groups excluding tert-OH is 1. The van der Waals surface area contributed by atoms with E-state index >= 15 is 0 Å². The van der Waals surface area contributed by atoms with Crippen molar-refractivity contribution in [3.63, 3.8) is 0 Å². The third-order valence-electron chi connectivity index (χ3n) is 3.31. The van der Waals surface area contributed by atoms with E-state index in [1.165, 1.54) is 0 Å². The van der Waals surface area contributed by atoms with Gasteiger partial charge in [-0.1, -0.05) is 37.3 Å².